The molecule has 3 rings (SSSR count). The van der Waals surface area contributed by atoms with Gasteiger partial charge in [0.2, 0.25) is 0 Å². The Morgan fingerprint density at radius 1 is 0.957 bits per heavy atom. The average molecular weight is 302 g/mol. The number of nitriles is 2. The van der Waals surface area contributed by atoms with Gasteiger partial charge in [-0.25, -0.2) is 0 Å². The van der Waals surface area contributed by atoms with Crippen molar-refractivity contribution in [1.29, 1.82) is 10.5 Å². The second-order valence-corrected chi connectivity index (χ2v) is 6.24. The Bertz CT molecular complexity index is 743. The van der Waals surface area contributed by atoms with Crippen molar-refractivity contribution in [3.05, 3.63) is 70.8 Å². The minimum absolute atomic E-state index is 0.147. The second kappa shape index (κ2) is 7.61. The van der Waals surface area contributed by atoms with Crippen LogP contribution in [-0.4, -0.2) is 0 Å². The van der Waals surface area contributed by atoms with Crippen molar-refractivity contribution < 1.29 is 0 Å². The van der Waals surface area contributed by atoms with E-state index in [4.69, 9.17) is 10.5 Å². The Morgan fingerprint density at radius 3 is 2.09 bits per heavy atom. The van der Waals surface area contributed by atoms with E-state index in [0.29, 0.717) is 6.42 Å². The summed E-state index contributed by atoms with van der Waals surface area (Å²) in [4.78, 5) is 0. The molecule has 1 aliphatic carbocycles. The Labute approximate surface area is 139 Å². The number of hydrogen-bond donors (Lipinski definition) is 0. The Kier molecular flexibility index (Phi) is 5.56. The zero-order valence-corrected chi connectivity index (χ0v) is 13.8. The van der Waals surface area contributed by atoms with E-state index >= 15 is 0 Å². The van der Waals surface area contributed by atoms with Crippen molar-refractivity contribution >= 4 is 0 Å². The van der Waals surface area contributed by atoms with E-state index in [1.165, 1.54) is 23.1 Å². The van der Waals surface area contributed by atoms with Crippen LogP contribution in [0.2, 0.25) is 0 Å². The van der Waals surface area contributed by atoms with E-state index in [-0.39, 0.29) is 5.41 Å². The second-order valence-electron chi connectivity index (χ2n) is 6.24. The zero-order chi connectivity index (χ0) is 16.7. The fourth-order valence-electron chi connectivity index (χ4n) is 2.85. The highest BCUT2D eigenvalue weighted by Gasteiger charge is 2.38. The molecule has 2 aromatic carbocycles. The lowest BCUT2D eigenvalue weighted by atomic mass is 9.65. The number of benzene rings is 2. The standard InChI is InChI=1S/C12H13N.C9H9N/c1-10-4-2-5-11(8-10)12(9-13)6-3-7-12;1-8-3-2-4-9(7-8)5-6-10/h2,4-5,8H,3,6-7H2,1H3;2-4,7H,5H2,1H3. The van der Waals surface area contributed by atoms with Gasteiger partial charge in [0.25, 0.3) is 0 Å². The minimum Gasteiger partial charge on any atom is -0.198 e. The number of nitrogens with zero attached hydrogens (tertiary/aromatic N) is 2. The van der Waals surface area contributed by atoms with Gasteiger partial charge in [-0.05, 0) is 44.2 Å². The van der Waals surface area contributed by atoms with Crippen LogP contribution in [0.1, 0.15) is 41.5 Å². The highest BCUT2D eigenvalue weighted by Crippen LogP contribution is 2.43. The van der Waals surface area contributed by atoms with Crippen LogP contribution in [0, 0.1) is 36.5 Å². The van der Waals surface area contributed by atoms with Crippen molar-refractivity contribution in [3.63, 3.8) is 0 Å². The summed E-state index contributed by atoms with van der Waals surface area (Å²) in [5.74, 6) is 0. The fraction of sp³-hybridized carbons (Fsp3) is 0.333. The van der Waals surface area contributed by atoms with E-state index in [1.807, 2.05) is 37.3 Å². The monoisotopic (exact) mass is 302 g/mol. The largest absolute Gasteiger partial charge is 0.198 e. The van der Waals surface area contributed by atoms with Gasteiger partial charge in [0.15, 0.2) is 0 Å². The van der Waals surface area contributed by atoms with Gasteiger partial charge in [-0.15, -0.1) is 0 Å². The molecule has 0 atom stereocenters. The molecule has 116 valence electrons. The molecule has 0 bridgehead atoms. The average Bonchev–Trinajstić information content (AvgIpc) is 2.48. The van der Waals surface area contributed by atoms with Gasteiger partial charge < -0.3 is 0 Å². The summed E-state index contributed by atoms with van der Waals surface area (Å²) >= 11 is 0. The molecule has 0 aromatic heterocycles. The lowest BCUT2D eigenvalue weighted by molar-refractivity contribution is 0.324. The van der Waals surface area contributed by atoms with Crippen LogP contribution in [0.25, 0.3) is 0 Å². The maximum absolute atomic E-state index is 9.13. The van der Waals surface area contributed by atoms with E-state index in [2.05, 4.69) is 37.3 Å². The van der Waals surface area contributed by atoms with Gasteiger partial charge in [-0.3, -0.25) is 0 Å². The Morgan fingerprint density at radius 2 is 1.61 bits per heavy atom. The van der Waals surface area contributed by atoms with Crippen molar-refractivity contribution in [2.75, 3.05) is 0 Å². The molecule has 2 aromatic rings. The highest BCUT2D eigenvalue weighted by atomic mass is 14.4. The van der Waals surface area contributed by atoms with Gasteiger partial charge in [0.05, 0.1) is 24.0 Å². The molecular weight excluding hydrogens is 280 g/mol. The van der Waals surface area contributed by atoms with Crippen molar-refractivity contribution in [2.45, 2.75) is 44.9 Å². The number of hydrogen-bond acceptors (Lipinski definition) is 2. The first-order valence-electron chi connectivity index (χ1n) is 8.00. The SMILES string of the molecule is Cc1cccc(C2(C#N)CCC2)c1.Cc1cccc(CC#N)c1. The molecule has 1 aliphatic rings. The van der Waals surface area contributed by atoms with E-state index in [0.717, 1.165) is 18.4 Å². The summed E-state index contributed by atoms with van der Waals surface area (Å²) in [6.45, 7) is 4.11. The summed E-state index contributed by atoms with van der Waals surface area (Å²) in [5, 5.41) is 17.5. The first-order chi connectivity index (χ1) is 11.1. The number of rotatable bonds is 2. The molecule has 2 heteroatoms. The third kappa shape index (κ3) is 4.21. The number of aryl methyl sites for hydroxylation is 2. The molecule has 0 unspecified atom stereocenters. The molecule has 0 aliphatic heterocycles. The van der Waals surface area contributed by atoms with Crippen LogP contribution in [0.3, 0.4) is 0 Å². The Hall–Kier alpha value is -2.58. The van der Waals surface area contributed by atoms with Gasteiger partial charge in [-0.2, -0.15) is 10.5 Å². The molecule has 0 N–H and O–H groups in total. The lowest BCUT2D eigenvalue weighted by Crippen LogP contribution is -2.32. The van der Waals surface area contributed by atoms with Gasteiger partial charge >= 0.3 is 0 Å². The predicted molar refractivity (Wildman–Crippen MR) is 92.8 cm³/mol. The summed E-state index contributed by atoms with van der Waals surface area (Å²) < 4.78 is 0. The molecule has 2 nitrogen and oxygen atoms in total. The van der Waals surface area contributed by atoms with Crippen LogP contribution >= 0.6 is 0 Å². The summed E-state index contributed by atoms with van der Waals surface area (Å²) in [7, 11) is 0. The van der Waals surface area contributed by atoms with E-state index in [9.17, 15) is 0 Å². The topological polar surface area (TPSA) is 47.6 Å². The smallest absolute Gasteiger partial charge is 0.0822 e. The molecule has 0 saturated heterocycles. The van der Waals surface area contributed by atoms with E-state index < -0.39 is 0 Å². The molecule has 0 radical (unpaired) electrons. The predicted octanol–water partition coefficient (Wildman–Crippen LogP) is 5.00. The van der Waals surface area contributed by atoms with E-state index in [1.54, 1.807) is 0 Å². The van der Waals surface area contributed by atoms with Crippen molar-refractivity contribution in [1.82, 2.24) is 0 Å². The van der Waals surface area contributed by atoms with Gasteiger partial charge in [-0.1, -0.05) is 59.7 Å². The summed E-state index contributed by atoms with van der Waals surface area (Å²) in [5.41, 5.74) is 4.63. The first-order valence-corrected chi connectivity index (χ1v) is 8.00. The van der Waals surface area contributed by atoms with Crippen LogP contribution in [-0.2, 0) is 11.8 Å². The summed E-state index contributed by atoms with van der Waals surface area (Å²) in [6, 6.07) is 20.9. The fourth-order valence-corrected chi connectivity index (χ4v) is 2.85. The van der Waals surface area contributed by atoms with Gasteiger partial charge in [0, 0.05) is 0 Å². The molecule has 23 heavy (non-hydrogen) atoms. The molecular formula is C21H22N2. The van der Waals surface area contributed by atoms with Crippen LogP contribution in [0.5, 0.6) is 0 Å². The first kappa shape index (κ1) is 16.8. The van der Waals surface area contributed by atoms with Crippen LogP contribution < -0.4 is 0 Å². The van der Waals surface area contributed by atoms with Crippen LogP contribution in [0.15, 0.2) is 48.5 Å². The Balaban J connectivity index is 0.000000174. The van der Waals surface area contributed by atoms with Crippen LogP contribution in [0.4, 0.5) is 0 Å². The normalized spacial score (nSPS) is 14.4. The lowest BCUT2D eigenvalue weighted by Gasteiger charge is -2.35. The third-order valence-corrected chi connectivity index (χ3v) is 4.36. The minimum atomic E-state index is -0.147. The molecule has 1 fully saturated rings. The third-order valence-electron chi connectivity index (χ3n) is 4.36. The zero-order valence-electron chi connectivity index (χ0n) is 13.8. The maximum Gasteiger partial charge on any atom is 0.0822 e. The summed E-state index contributed by atoms with van der Waals surface area (Å²) in [6.07, 6.45) is 3.78. The van der Waals surface area contributed by atoms with Crippen molar-refractivity contribution in [2.24, 2.45) is 0 Å². The van der Waals surface area contributed by atoms with Crippen molar-refractivity contribution in [3.8, 4) is 12.1 Å². The maximum atomic E-state index is 9.13. The molecule has 0 amide bonds. The highest BCUT2D eigenvalue weighted by molar-refractivity contribution is 5.37. The molecule has 1 saturated carbocycles. The molecule has 0 spiro atoms. The quantitative estimate of drug-likeness (QED) is 0.783. The van der Waals surface area contributed by atoms with Gasteiger partial charge in [0.1, 0.15) is 0 Å². The molecule has 0 heterocycles.